The Kier molecular flexibility index (Phi) is 5.57. The molecule has 1 heterocycles. The maximum atomic E-state index is 13.0. The number of carbonyl (C=O) groups excluding carboxylic acids is 2. The van der Waals surface area contributed by atoms with E-state index >= 15 is 0 Å². The highest BCUT2D eigenvalue weighted by atomic mass is 32.2. The normalized spacial score (nSPS) is 21.2. The van der Waals surface area contributed by atoms with Gasteiger partial charge < -0.3 is 10.6 Å². The third-order valence-corrected chi connectivity index (χ3v) is 6.45. The summed E-state index contributed by atoms with van der Waals surface area (Å²) in [4.78, 5) is 24.0. The first-order chi connectivity index (χ1) is 12.4. The monoisotopic (exact) mass is 383 g/mol. The van der Waals surface area contributed by atoms with Crippen LogP contribution in [0.25, 0.3) is 0 Å². The predicted octanol–water partition coefficient (Wildman–Crippen LogP) is 0.621. The van der Waals surface area contributed by atoms with Gasteiger partial charge in [0.2, 0.25) is 21.8 Å². The summed E-state index contributed by atoms with van der Waals surface area (Å²) in [7, 11) is -3.78. The number of benzene rings is 1. The Morgan fingerprint density at radius 3 is 2.50 bits per heavy atom. The van der Waals surface area contributed by atoms with Crippen molar-refractivity contribution < 1.29 is 22.4 Å². The van der Waals surface area contributed by atoms with Crippen LogP contribution in [0.3, 0.4) is 0 Å². The summed E-state index contributed by atoms with van der Waals surface area (Å²) in [5.74, 6) is -1.57. The van der Waals surface area contributed by atoms with Crippen molar-refractivity contribution in [3.05, 3.63) is 30.1 Å². The van der Waals surface area contributed by atoms with Crippen molar-refractivity contribution in [2.45, 2.75) is 36.6 Å². The lowest BCUT2D eigenvalue weighted by Crippen LogP contribution is -2.47. The SMILES string of the molecule is O=C(CNC(=O)C1CCCN(S(=O)(=O)c2ccc(F)cc2)C1)NC1CC1. The van der Waals surface area contributed by atoms with Crippen LogP contribution in [0.15, 0.2) is 29.2 Å². The number of hydrogen-bond donors (Lipinski definition) is 2. The van der Waals surface area contributed by atoms with Crippen LogP contribution in [0.2, 0.25) is 0 Å². The summed E-state index contributed by atoms with van der Waals surface area (Å²) in [6, 6.07) is 4.86. The Labute approximate surface area is 152 Å². The molecule has 0 spiro atoms. The Morgan fingerprint density at radius 2 is 1.85 bits per heavy atom. The van der Waals surface area contributed by atoms with Crippen molar-refractivity contribution >= 4 is 21.8 Å². The third kappa shape index (κ3) is 4.59. The average Bonchev–Trinajstić information content (AvgIpc) is 3.44. The van der Waals surface area contributed by atoms with Gasteiger partial charge in [0.15, 0.2) is 0 Å². The van der Waals surface area contributed by atoms with Crippen molar-refractivity contribution in [3.63, 3.8) is 0 Å². The number of piperidine rings is 1. The van der Waals surface area contributed by atoms with Crippen molar-refractivity contribution in [1.29, 1.82) is 0 Å². The number of halogens is 1. The molecule has 26 heavy (non-hydrogen) atoms. The molecule has 0 bridgehead atoms. The predicted molar refractivity (Wildman–Crippen MR) is 92.1 cm³/mol. The fourth-order valence-electron chi connectivity index (χ4n) is 2.95. The van der Waals surface area contributed by atoms with Crippen molar-refractivity contribution in [3.8, 4) is 0 Å². The molecule has 0 aromatic heterocycles. The van der Waals surface area contributed by atoms with Crippen LogP contribution in [-0.4, -0.2) is 50.2 Å². The summed E-state index contributed by atoms with van der Waals surface area (Å²) in [6.45, 7) is 0.262. The Balaban J connectivity index is 1.58. The summed E-state index contributed by atoms with van der Waals surface area (Å²) >= 11 is 0. The first kappa shape index (κ1) is 18.8. The van der Waals surface area contributed by atoms with Crippen molar-refractivity contribution in [1.82, 2.24) is 14.9 Å². The molecule has 1 unspecified atom stereocenters. The Bertz CT molecular complexity index is 778. The lowest BCUT2D eigenvalue weighted by atomic mass is 9.99. The molecule has 2 N–H and O–H groups in total. The number of sulfonamides is 1. The fraction of sp³-hybridized carbons (Fsp3) is 0.529. The minimum Gasteiger partial charge on any atom is -0.352 e. The number of nitrogens with one attached hydrogen (secondary N) is 2. The van der Waals surface area contributed by atoms with Crippen LogP contribution >= 0.6 is 0 Å². The van der Waals surface area contributed by atoms with Gasteiger partial charge in [0.05, 0.1) is 17.4 Å². The fourth-order valence-corrected chi connectivity index (χ4v) is 4.47. The largest absolute Gasteiger partial charge is 0.352 e. The molecule has 0 radical (unpaired) electrons. The maximum Gasteiger partial charge on any atom is 0.243 e. The molecule has 2 fully saturated rings. The van der Waals surface area contributed by atoms with Gasteiger partial charge in [-0.15, -0.1) is 0 Å². The Morgan fingerprint density at radius 1 is 1.15 bits per heavy atom. The van der Waals surface area contributed by atoms with Gasteiger partial charge in [-0.2, -0.15) is 4.31 Å². The number of rotatable bonds is 6. The molecule has 1 aliphatic heterocycles. The zero-order valence-corrected chi connectivity index (χ0v) is 15.1. The van der Waals surface area contributed by atoms with Gasteiger partial charge in [-0.05, 0) is 49.9 Å². The molecule has 1 aromatic rings. The van der Waals surface area contributed by atoms with Crippen LogP contribution in [0.1, 0.15) is 25.7 Å². The first-order valence-electron chi connectivity index (χ1n) is 8.69. The second-order valence-electron chi connectivity index (χ2n) is 6.72. The molecule has 7 nitrogen and oxygen atoms in total. The average molecular weight is 383 g/mol. The standard InChI is InChI=1S/C17H22FN3O4S/c18-13-3-7-15(8-4-13)26(24,25)21-9-1-2-12(11-21)17(23)19-10-16(22)20-14-5-6-14/h3-4,7-8,12,14H,1-2,5-6,9-11H2,(H,19,23)(H,20,22). The van der Waals surface area contributed by atoms with Crippen LogP contribution in [0.5, 0.6) is 0 Å². The van der Waals surface area contributed by atoms with Gasteiger partial charge in [0.1, 0.15) is 5.82 Å². The summed E-state index contributed by atoms with van der Waals surface area (Å²) in [5.41, 5.74) is 0. The van der Waals surface area contributed by atoms with Gasteiger partial charge in [0.25, 0.3) is 0 Å². The highest BCUT2D eigenvalue weighted by Crippen LogP contribution is 2.24. The molecule has 3 rings (SSSR count). The second kappa shape index (κ2) is 7.71. The van der Waals surface area contributed by atoms with Crippen LogP contribution in [0, 0.1) is 11.7 Å². The topological polar surface area (TPSA) is 95.6 Å². The quantitative estimate of drug-likeness (QED) is 0.753. The summed E-state index contributed by atoms with van der Waals surface area (Å²) in [5, 5.41) is 5.36. The van der Waals surface area contributed by atoms with E-state index in [4.69, 9.17) is 0 Å². The number of carbonyl (C=O) groups is 2. The highest BCUT2D eigenvalue weighted by Gasteiger charge is 2.33. The second-order valence-corrected chi connectivity index (χ2v) is 8.65. The van der Waals surface area contributed by atoms with Crippen LogP contribution in [0.4, 0.5) is 4.39 Å². The van der Waals surface area contributed by atoms with Crippen LogP contribution in [-0.2, 0) is 19.6 Å². The van der Waals surface area contributed by atoms with Crippen LogP contribution < -0.4 is 10.6 Å². The van der Waals surface area contributed by atoms with E-state index in [1.807, 2.05) is 0 Å². The van der Waals surface area contributed by atoms with Crippen molar-refractivity contribution in [2.24, 2.45) is 5.92 Å². The van der Waals surface area contributed by atoms with Crippen molar-refractivity contribution in [2.75, 3.05) is 19.6 Å². The lowest BCUT2D eigenvalue weighted by molar-refractivity contribution is -0.129. The summed E-state index contributed by atoms with van der Waals surface area (Å²) in [6.07, 6.45) is 3.05. The molecule has 1 saturated heterocycles. The van der Waals surface area contributed by atoms with E-state index in [9.17, 15) is 22.4 Å². The van der Waals surface area contributed by atoms with Gasteiger partial charge in [-0.1, -0.05) is 0 Å². The molecule has 9 heteroatoms. The number of amides is 2. The summed E-state index contributed by atoms with van der Waals surface area (Å²) < 4.78 is 39.6. The number of nitrogens with zero attached hydrogens (tertiary/aromatic N) is 1. The van der Waals surface area contributed by atoms with Gasteiger partial charge in [-0.25, -0.2) is 12.8 Å². The van der Waals surface area contributed by atoms with E-state index in [0.29, 0.717) is 19.4 Å². The molecule has 2 amide bonds. The van der Waals surface area contributed by atoms with E-state index in [-0.39, 0.29) is 35.8 Å². The molecule has 142 valence electrons. The van der Waals surface area contributed by atoms with E-state index in [1.54, 1.807) is 0 Å². The van der Waals surface area contributed by atoms with E-state index in [2.05, 4.69) is 10.6 Å². The minimum atomic E-state index is -3.78. The first-order valence-corrected chi connectivity index (χ1v) is 10.1. The Hall–Kier alpha value is -2.00. The molecule has 1 aromatic carbocycles. The highest BCUT2D eigenvalue weighted by molar-refractivity contribution is 7.89. The third-order valence-electron chi connectivity index (χ3n) is 4.57. The molecule has 1 saturated carbocycles. The number of hydrogen-bond acceptors (Lipinski definition) is 4. The smallest absolute Gasteiger partial charge is 0.243 e. The van der Waals surface area contributed by atoms with Gasteiger partial charge in [0, 0.05) is 19.1 Å². The molecule has 2 aliphatic rings. The van der Waals surface area contributed by atoms with Gasteiger partial charge in [-0.3, -0.25) is 9.59 Å². The lowest BCUT2D eigenvalue weighted by Gasteiger charge is -2.31. The molecule has 1 atom stereocenters. The van der Waals surface area contributed by atoms with E-state index < -0.39 is 21.8 Å². The minimum absolute atomic E-state index is 0.00349. The maximum absolute atomic E-state index is 13.0. The van der Waals surface area contributed by atoms with E-state index in [1.165, 1.54) is 16.4 Å². The molecular formula is C17H22FN3O4S. The zero-order chi connectivity index (χ0) is 18.7. The van der Waals surface area contributed by atoms with E-state index in [0.717, 1.165) is 25.0 Å². The zero-order valence-electron chi connectivity index (χ0n) is 14.3. The molecular weight excluding hydrogens is 361 g/mol. The molecule has 1 aliphatic carbocycles. The van der Waals surface area contributed by atoms with Gasteiger partial charge >= 0.3 is 0 Å².